The zero-order chi connectivity index (χ0) is 10.1. The van der Waals surface area contributed by atoms with E-state index in [2.05, 4.69) is 0 Å². The first-order valence-corrected chi connectivity index (χ1v) is 4.46. The molecule has 0 unspecified atom stereocenters. The van der Waals surface area contributed by atoms with Crippen LogP contribution in [0.1, 0.15) is 11.7 Å². The Kier molecular flexibility index (Phi) is 2.31. The van der Waals surface area contributed by atoms with Gasteiger partial charge in [-0.3, -0.25) is 0 Å². The molecule has 0 radical (unpaired) electrons. The predicted molar refractivity (Wildman–Crippen MR) is 51.4 cm³/mol. The van der Waals surface area contributed by atoms with Crippen molar-refractivity contribution in [3.63, 3.8) is 0 Å². The highest BCUT2D eigenvalue weighted by Crippen LogP contribution is 2.33. The van der Waals surface area contributed by atoms with Crippen molar-refractivity contribution in [1.29, 1.82) is 0 Å². The van der Waals surface area contributed by atoms with Crippen molar-refractivity contribution >= 4 is 0 Å². The summed E-state index contributed by atoms with van der Waals surface area (Å²) in [7, 11) is 1.58. The van der Waals surface area contributed by atoms with E-state index in [1.165, 1.54) is 0 Å². The van der Waals surface area contributed by atoms with E-state index in [1.807, 2.05) is 0 Å². The number of hydrogen-bond donors (Lipinski definition) is 2. The molecule has 4 heteroatoms. The number of fused-ring (bicyclic) bond motifs is 1. The third-order valence-electron chi connectivity index (χ3n) is 2.37. The highest BCUT2D eigenvalue weighted by atomic mass is 16.5. The van der Waals surface area contributed by atoms with Crippen LogP contribution >= 0.6 is 0 Å². The van der Waals surface area contributed by atoms with Crippen LogP contribution in [-0.2, 0) is 0 Å². The Balaban J connectivity index is 2.41. The van der Waals surface area contributed by atoms with Crippen molar-refractivity contribution in [2.45, 2.75) is 12.1 Å². The minimum absolute atomic E-state index is 0.348. The largest absolute Gasteiger partial charge is 0.497 e. The second-order valence-electron chi connectivity index (χ2n) is 3.32. The Morgan fingerprint density at radius 2 is 2.36 bits per heavy atom. The van der Waals surface area contributed by atoms with Gasteiger partial charge < -0.3 is 20.3 Å². The van der Waals surface area contributed by atoms with Crippen LogP contribution in [0.2, 0.25) is 0 Å². The third kappa shape index (κ3) is 1.42. The Bertz CT molecular complexity index is 340. The molecule has 0 saturated heterocycles. The van der Waals surface area contributed by atoms with Gasteiger partial charge in [-0.15, -0.1) is 0 Å². The highest BCUT2D eigenvalue weighted by Gasteiger charge is 2.26. The lowest BCUT2D eigenvalue weighted by Gasteiger charge is -2.27. The first kappa shape index (κ1) is 9.30. The van der Waals surface area contributed by atoms with Gasteiger partial charge in [-0.25, -0.2) is 0 Å². The predicted octanol–water partition coefficient (Wildman–Crippen LogP) is 0.448. The van der Waals surface area contributed by atoms with E-state index in [0.29, 0.717) is 23.7 Å². The molecule has 0 saturated carbocycles. The smallest absolute Gasteiger partial charge is 0.125 e. The summed E-state index contributed by atoms with van der Waals surface area (Å²) in [5.74, 6) is 1.38. The molecule has 2 rings (SSSR count). The average molecular weight is 195 g/mol. The number of nitrogens with two attached hydrogens (primary N) is 1. The summed E-state index contributed by atoms with van der Waals surface area (Å²) in [5.41, 5.74) is 6.37. The van der Waals surface area contributed by atoms with Gasteiger partial charge in [-0.1, -0.05) is 0 Å². The molecule has 3 N–H and O–H groups in total. The van der Waals surface area contributed by atoms with Crippen molar-refractivity contribution in [1.82, 2.24) is 0 Å². The molecule has 0 aromatic heterocycles. The van der Waals surface area contributed by atoms with Gasteiger partial charge in [0.2, 0.25) is 0 Å². The molecule has 76 valence electrons. The van der Waals surface area contributed by atoms with E-state index in [4.69, 9.17) is 15.2 Å². The van der Waals surface area contributed by atoms with Crippen LogP contribution in [0.15, 0.2) is 18.2 Å². The molecule has 14 heavy (non-hydrogen) atoms. The first-order valence-electron chi connectivity index (χ1n) is 4.46. The van der Waals surface area contributed by atoms with Gasteiger partial charge in [0, 0.05) is 5.56 Å². The Hall–Kier alpha value is -1.26. The fourth-order valence-electron chi connectivity index (χ4n) is 1.52. The van der Waals surface area contributed by atoms with Crippen LogP contribution in [0.3, 0.4) is 0 Å². The van der Waals surface area contributed by atoms with Gasteiger partial charge in [0.1, 0.15) is 24.2 Å². The summed E-state index contributed by atoms with van der Waals surface area (Å²) >= 11 is 0. The van der Waals surface area contributed by atoms with Crippen molar-refractivity contribution in [2.75, 3.05) is 13.7 Å². The number of aliphatic hydroxyl groups is 1. The minimum Gasteiger partial charge on any atom is -0.497 e. The topological polar surface area (TPSA) is 64.7 Å². The third-order valence-corrected chi connectivity index (χ3v) is 2.37. The zero-order valence-electron chi connectivity index (χ0n) is 7.93. The number of rotatable bonds is 1. The summed E-state index contributed by atoms with van der Waals surface area (Å²) < 4.78 is 10.4. The van der Waals surface area contributed by atoms with E-state index in [9.17, 15) is 5.11 Å². The lowest BCUT2D eigenvalue weighted by Crippen LogP contribution is -2.38. The fourth-order valence-corrected chi connectivity index (χ4v) is 1.52. The molecular formula is C10H13NO3. The van der Waals surface area contributed by atoms with E-state index < -0.39 is 6.10 Å². The second kappa shape index (κ2) is 3.48. The van der Waals surface area contributed by atoms with Crippen molar-refractivity contribution in [3.8, 4) is 11.5 Å². The van der Waals surface area contributed by atoms with E-state index in [1.54, 1.807) is 25.3 Å². The number of methoxy groups -OCH3 is 1. The average Bonchev–Trinajstić information content (AvgIpc) is 2.23. The lowest BCUT2D eigenvalue weighted by atomic mass is 10.00. The SMILES string of the molecule is COc1ccc2c(c1)[C@H](O)[C@@H](N)CO2. The maximum absolute atomic E-state index is 9.79. The molecule has 4 nitrogen and oxygen atoms in total. The maximum atomic E-state index is 9.79. The molecule has 0 fully saturated rings. The standard InChI is InChI=1S/C10H13NO3/c1-13-6-2-3-9-7(4-6)10(12)8(11)5-14-9/h2-4,8,10,12H,5,11H2,1H3/t8-,10-/m0/s1. The maximum Gasteiger partial charge on any atom is 0.125 e. The van der Waals surface area contributed by atoms with Gasteiger partial charge in [0.15, 0.2) is 0 Å². The molecule has 0 spiro atoms. The van der Waals surface area contributed by atoms with E-state index >= 15 is 0 Å². The molecule has 0 bridgehead atoms. The second-order valence-corrected chi connectivity index (χ2v) is 3.32. The molecule has 0 aliphatic carbocycles. The summed E-state index contributed by atoms with van der Waals surface area (Å²) in [5, 5.41) is 9.79. The van der Waals surface area contributed by atoms with Crippen molar-refractivity contribution < 1.29 is 14.6 Å². The molecular weight excluding hydrogens is 182 g/mol. The van der Waals surface area contributed by atoms with Crippen LogP contribution in [0.4, 0.5) is 0 Å². The molecule has 0 amide bonds. The van der Waals surface area contributed by atoms with Crippen LogP contribution in [0.25, 0.3) is 0 Å². The van der Waals surface area contributed by atoms with Crippen LogP contribution < -0.4 is 15.2 Å². The van der Waals surface area contributed by atoms with Gasteiger partial charge in [-0.05, 0) is 18.2 Å². The Labute approximate surface area is 82.2 Å². The van der Waals surface area contributed by atoms with Gasteiger partial charge in [0.05, 0.1) is 13.2 Å². The van der Waals surface area contributed by atoms with Gasteiger partial charge >= 0.3 is 0 Å². The normalized spacial score (nSPS) is 25.1. The number of benzene rings is 1. The number of hydrogen-bond acceptors (Lipinski definition) is 4. The molecule has 1 aliphatic heterocycles. The molecule has 2 atom stereocenters. The minimum atomic E-state index is -0.672. The quantitative estimate of drug-likeness (QED) is 0.682. The van der Waals surface area contributed by atoms with Crippen molar-refractivity contribution in [3.05, 3.63) is 23.8 Å². The molecule has 1 aliphatic rings. The fraction of sp³-hybridized carbons (Fsp3) is 0.400. The van der Waals surface area contributed by atoms with E-state index in [0.717, 1.165) is 0 Å². The van der Waals surface area contributed by atoms with Gasteiger partial charge in [0.25, 0.3) is 0 Å². The van der Waals surface area contributed by atoms with Gasteiger partial charge in [-0.2, -0.15) is 0 Å². The van der Waals surface area contributed by atoms with Crippen molar-refractivity contribution in [2.24, 2.45) is 5.73 Å². The monoisotopic (exact) mass is 195 g/mol. The number of ether oxygens (including phenoxy) is 2. The molecule has 1 heterocycles. The zero-order valence-corrected chi connectivity index (χ0v) is 7.93. The highest BCUT2D eigenvalue weighted by molar-refractivity contribution is 5.43. The number of aliphatic hydroxyl groups excluding tert-OH is 1. The Morgan fingerprint density at radius 3 is 3.07 bits per heavy atom. The van der Waals surface area contributed by atoms with E-state index in [-0.39, 0.29) is 6.04 Å². The van der Waals surface area contributed by atoms with Crippen LogP contribution in [-0.4, -0.2) is 24.9 Å². The first-order chi connectivity index (χ1) is 6.72. The summed E-state index contributed by atoms with van der Waals surface area (Å²) in [4.78, 5) is 0. The summed E-state index contributed by atoms with van der Waals surface area (Å²) in [6.45, 7) is 0.348. The Morgan fingerprint density at radius 1 is 1.57 bits per heavy atom. The van der Waals surface area contributed by atoms with Crippen LogP contribution in [0.5, 0.6) is 11.5 Å². The molecule has 1 aromatic carbocycles. The van der Waals surface area contributed by atoms with Crippen LogP contribution in [0, 0.1) is 0 Å². The lowest BCUT2D eigenvalue weighted by molar-refractivity contribution is 0.0912. The summed E-state index contributed by atoms with van der Waals surface area (Å²) in [6, 6.07) is 4.96. The molecule has 1 aromatic rings. The summed E-state index contributed by atoms with van der Waals surface area (Å²) in [6.07, 6.45) is -0.672.